The zero-order chi connectivity index (χ0) is 27.6. The summed E-state index contributed by atoms with van der Waals surface area (Å²) in [5.74, 6) is -1.46. The smallest absolute Gasteiger partial charge is 0.190 e. The quantitative estimate of drug-likeness (QED) is 0.217. The number of aliphatic hydroxyl groups excluding tert-OH is 1. The fraction of sp³-hybridized carbons (Fsp3) is 1.00. The van der Waals surface area contributed by atoms with Crippen LogP contribution in [0.15, 0.2) is 0 Å². The Morgan fingerprint density at radius 1 is 0.711 bits per heavy atom. The summed E-state index contributed by atoms with van der Waals surface area (Å²) in [6.45, 7) is 15.3. The molecule has 8 heteroatoms. The summed E-state index contributed by atoms with van der Waals surface area (Å²) in [7, 11) is 0. The molecule has 0 aromatic carbocycles. The fourth-order valence-electron chi connectivity index (χ4n) is 5.93. The van der Waals surface area contributed by atoms with E-state index in [1.807, 2.05) is 27.7 Å². The molecule has 224 valence electrons. The topological polar surface area (TPSA) is 78.9 Å². The first-order chi connectivity index (χ1) is 18.1. The van der Waals surface area contributed by atoms with E-state index in [9.17, 15) is 5.11 Å². The number of aliphatic hydroxyl groups is 1. The van der Waals surface area contributed by atoms with Gasteiger partial charge in [0, 0.05) is 6.54 Å². The molecular formula is C30H57NO7. The summed E-state index contributed by atoms with van der Waals surface area (Å²) in [5.41, 5.74) is 0. The van der Waals surface area contributed by atoms with Crippen molar-refractivity contribution in [2.75, 3.05) is 32.8 Å². The third-order valence-electron chi connectivity index (χ3n) is 7.68. The van der Waals surface area contributed by atoms with Crippen molar-refractivity contribution in [1.82, 2.24) is 4.90 Å². The van der Waals surface area contributed by atoms with Gasteiger partial charge in [-0.05, 0) is 53.6 Å². The molecule has 0 bridgehead atoms. The molecule has 3 heterocycles. The summed E-state index contributed by atoms with van der Waals surface area (Å²) in [6.07, 6.45) is 12.1. The second-order valence-corrected chi connectivity index (χ2v) is 12.4. The van der Waals surface area contributed by atoms with Gasteiger partial charge in [0.15, 0.2) is 17.9 Å². The molecule has 0 amide bonds. The number of hydrogen-bond donors (Lipinski definition) is 1. The number of hydrogen-bond acceptors (Lipinski definition) is 8. The van der Waals surface area contributed by atoms with Crippen LogP contribution < -0.4 is 0 Å². The lowest BCUT2D eigenvalue weighted by Crippen LogP contribution is -2.56. The van der Waals surface area contributed by atoms with E-state index in [1.54, 1.807) is 0 Å². The third kappa shape index (κ3) is 10.3. The van der Waals surface area contributed by atoms with Crippen molar-refractivity contribution in [2.24, 2.45) is 0 Å². The van der Waals surface area contributed by atoms with Crippen LogP contribution in [-0.4, -0.2) is 91.2 Å². The summed E-state index contributed by atoms with van der Waals surface area (Å²) >= 11 is 0. The van der Waals surface area contributed by atoms with E-state index < -0.39 is 24.0 Å². The molecule has 0 aromatic rings. The standard InChI is InChI=1S/C30H57NO7/c1-7-9-10-11-12-13-14-15-16-17-19-31(18-8-2)20-23(32)21-33-22-24-25-26(36-29(3,4)35-25)27-28(34-24)38-30(5,6)37-27/h23-28,32H,7-22H2,1-6H3/t23?,24-,25+,26+,27-,28-/m1/s1. The molecule has 0 saturated carbocycles. The Bertz CT molecular complexity index is 661. The van der Waals surface area contributed by atoms with Crippen LogP contribution in [0.4, 0.5) is 0 Å². The van der Waals surface area contributed by atoms with E-state index >= 15 is 0 Å². The van der Waals surface area contributed by atoms with Gasteiger partial charge in [-0.1, -0.05) is 71.6 Å². The highest BCUT2D eigenvalue weighted by Crippen LogP contribution is 2.44. The first-order valence-corrected chi connectivity index (χ1v) is 15.5. The van der Waals surface area contributed by atoms with Crippen LogP contribution in [0.5, 0.6) is 0 Å². The lowest BCUT2D eigenvalue weighted by atomic mass is 9.99. The number of rotatable bonds is 19. The second kappa shape index (κ2) is 15.6. The molecule has 3 aliphatic rings. The Balaban J connectivity index is 1.34. The van der Waals surface area contributed by atoms with Gasteiger partial charge in [-0.3, -0.25) is 0 Å². The van der Waals surface area contributed by atoms with E-state index in [1.165, 1.54) is 64.2 Å². The van der Waals surface area contributed by atoms with Crippen molar-refractivity contribution in [3.8, 4) is 0 Å². The largest absolute Gasteiger partial charge is 0.389 e. The minimum Gasteiger partial charge on any atom is -0.389 e. The van der Waals surface area contributed by atoms with Crippen LogP contribution in [0.25, 0.3) is 0 Å². The van der Waals surface area contributed by atoms with E-state index in [4.69, 9.17) is 28.4 Å². The third-order valence-corrected chi connectivity index (χ3v) is 7.68. The number of ether oxygens (including phenoxy) is 6. The average Bonchev–Trinajstić information content (AvgIpc) is 3.34. The molecule has 0 spiro atoms. The minimum absolute atomic E-state index is 0.261. The van der Waals surface area contributed by atoms with Crippen molar-refractivity contribution in [1.29, 1.82) is 0 Å². The van der Waals surface area contributed by atoms with Crippen molar-refractivity contribution in [3.63, 3.8) is 0 Å². The van der Waals surface area contributed by atoms with E-state index in [-0.39, 0.29) is 31.0 Å². The van der Waals surface area contributed by atoms with Gasteiger partial charge in [-0.15, -0.1) is 0 Å². The van der Waals surface area contributed by atoms with Crippen LogP contribution in [0.2, 0.25) is 0 Å². The summed E-state index contributed by atoms with van der Waals surface area (Å²) in [6, 6.07) is 0. The normalized spacial score (nSPS) is 30.5. The van der Waals surface area contributed by atoms with Gasteiger partial charge >= 0.3 is 0 Å². The van der Waals surface area contributed by atoms with Crippen LogP contribution in [0, 0.1) is 0 Å². The molecule has 3 fully saturated rings. The van der Waals surface area contributed by atoms with Gasteiger partial charge in [0.25, 0.3) is 0 Å². The highest BCUT2D eigenvalue weighted by Gasteiger charge is 2.60. The maximum Gasteiger partial charge on any atom is 0.190 e. The molecule has 0 aliphatic carbocycles. The van der Waals surface area contributed by atoms with E-state index in [0.29, 0.717) is 13.2 Å². The Morgan fingerprint density at radius 3 is 1.95 bits per heavy atom. The second-order valence-electron chi connectivity index (χ2n) is 12.4. The fourth-order valence-corrected chi connectivity index (χ4v) is 5.93. The van der Waals surface area contributed by atoms with Gasteiger partial charge in [-0.25, -0.2) is 0 Å². The van der Waals surface area contributed by atoms with E-state index in [2.05, 4.69) is 18.7 Å². The molecule has 3 rings (SSSR count). The zero-order valence-electron chi connectivity index (χ0n) is 25.1. The lowest BCUT2D eigenvalue weighted by Gasteiger charge is -2.37. The summed E-state index contributed by atoms with van der Waals surface area (Å²) in [4.78, 5) is 2.37. The number of nitrogens with zero attached hydrogens (tertiary/aromatic N) is 1. The number of unbranched alkanes of at least 4 members (excludes halogenated alkanes) is 9. The molecule has 0 radical (unpaired) electrons. The first kappa shape index (κ1) is 32.2. The van der Waals surface area contributed by atoms with Crippen LogP contribution >= 0.6 is 0 Å². The summed E-state index contributed by atoms with van der Waals surface area (Å²) in [5, 5.41) is 10.7. The van der Waals surface area contributed by atoms with E-state index in [0.717, 1.165) is 19.5 Å². The molecule has 38 heavy (non-hydrogen) atoms. The van der Waals surface area contributed by atoms with Crippen molar-refractivity contribution in [3.05, 3.63) is 0 Å². The van der Waals surface area contributed by atoms with Crippen molar-refractivity contribution in [2.45, 2.75) is 161 Å². The molecule has 8 nitrogen and oxygen atoms in total. The number of fused-ring (bicyclic) bond motifs is 3. The Morgan fingerprint density at radius 2 is 1.29 bits per heavy atom. The van der Waals surface area contributed by atoms with Crippen molar-refractivity contribution >= 4 is 0 Å². The maximum absolute atomic E-state index is 10.7. The highest BCUT2D eigenvalue weighted by molar-refractivity contribution is 5.00. The molecule has 1 N–H and O–H groups in total. The predicted molar refractivity (Wildman–Crippen MR) is 148 cm³/mol. The van der Waals surface area contributed by atoms with Gasteiger partial charge in [0.2, 0.25) is 0 Å². The molecule has 6 atom stereocenters. The Kier molecular flexibility index (Phi) is 13.2. The molecule has 3 saturated heterocycles. The molecular weight excluding hydrogens is 486 g/mol. The highest BCUT2D eigenvalue weighted by atomic mass is 16.9. The van der Waals surface area contributed by atoms with Crippen LogP contribution in [0.1, 0.15) is 112 Å². The average molecular weight is 544 g/mol. The zero-order valence-corrected chi connectivity index (χ0v) is 25.1. The van der Waals surface area contributed by atoms with Gasteiger partial charge in [-0.2, -0.15) is 0 Å². The Hall–Kier alpha value is -0.320. The predicted octanol–water partition coefficient (Wildman–Crippen LogP) is 5.39. The minimum atomic E-state index is -0.737. The molecule has 1 unspecified atom stereocenters. The van der Waals surface area contributed by atoms with Gasteiger partial charge in [0.05, 0.1) is 19.3 Å². The summed E-state index contributed by atoms with van der Waals surface area (Å²) < 4.78 is 36.5. The lowest BCUT2D eigenvalue weighted by molar-refractivity contribution is -0.244. The molecule has 3 aliphatic heterocycles. The van der Waals surface area contributed by atoms with Crippen LogP contribution in [0.3, 0.4) is 0 Å². The first-order valence-electron chi connectivity index (χ1n) is 15.5. The maximum atomic E-state index is 10.7. The Labute approximate surface area is 232 Å². The van der Waals surface area contributed by atoms with Crippen molar-refractivity contribution < 1.29 is 33.5 Å². The van der Waals surface area contributed by atoms with Gasteiger partial charge < -0.3 is 38.4 Å². The SMILES string of the molecule is CCCCCCCCCCCCN(CCC)CC(O)COC[C@H]1O[C@@H]2OC(C)(C)O[C@@H]2[C@H]2OC(C)(C)O[C@H]21. The van der Waals surface area contributed by atoms with Gasteiger partial charge in [0.1, 0.15) is 24.4 Å². The monoisotopic (exact) mass is 543 g/mol. The van der Waals surface area contributed by atoms with Crippen LogP contribution in [-0.2, 0) is 28.4 Å². The molecule has 0 aromatic heterocycles.